The average molecular weight is 948 g/mol. The number of furan rings is 1. The van der Waals surface area contributed by atoms with E-state index in [4.69, 9.17) is 14.4 Å². The molecule has 8 rings (SSSR count). The Labute approximate surface area is 355 Å². The van der Waals surface area contributed by atoms with Gasteiger partial charge in [0, 0.05) is 43.4 Å². The van der Waals surface area contributed by atoms with Crippen LogP contribution < -0.4 is 5.19 Å². The molecule has 0 aliphatic heterocycles. The first kappa shape index (κ1) is 42.4. The fraction of sp³-hybridized carbons (Fsp3) is 0.353. The van der Waals surface area contributed by atoms with Crippen LogP contribution in [0.1, 0.15) is 86.6 Å². The molecule has 4 heterocycles. The van der Waals surface area contributed by atoms with Crippen LogP contribution in [-0.4, -0.2) is 23.0 Å². The van der Waals surface area contributed by atoms with Gasteiger partial charge in [0.1, 0.15) is 0 Å². The number of benzene rings is 3. The van der Waals surface area contributed by atoms with Crippen molar-refractivity contribution in [3.63, 3.8) is 0 Å². The van der Waals surface area contributed by atoms with Gasteiger partial charge in [-0.2, -0.15) is 0 Å². The maximum absolute atomic E-state index is 6.44. The molecule has 4 aromatic heterocycles. The van der Waals surface area contributed by atoms with Crippen LogP contribution in [0, 0.1) is 44.7 Å². The van der Waals surface area contributed by atoms with Crippen LogP contribution in [0.4, 0.5) is 0 Å². The molecular formula is C51H57IrN3OSi-2. The SMILES string of the molecule is CC(C)Cc1cc(-c2[c-]cccc2)ncc1[Si](C)(C)C.Cc1cc(C)c(-c2ccc3c(n2)oc2c(-c4cc(C(C)C5CCCCC5)ccn4)[c-]ccc23)c(C)c1.[Ir]. The molecule has 1 aliphatic rings. The van der Waals surface area contributed by atoms with Gasteiger partial charge in [0.15, 0.2) is 0 Å². The van der Waals surface area contributed by atoms with E-state index < -0.39 is 8.07 Å². The molecule has 1 fully saturated rings. The Morgan fingerprint density at radius 1 is 0.772 bits per heavy atom. The minimum atomic E-state index is -1.34. The number of pyridine rings is 3. The van der Waals surface area contributed by atoms with E-state index in [1.54, 1.807) is 0 Å². The molecule has 0 amide bonds. The molecule has 0 N–H and O–H groups in total. The number of fused-ring (bicyclic) bond motifs is 3. The van der Waals surface area contributed by atoms with Crippen LogP contribution in [-0.2, 0) is 26.5 Å². The van der Waals surface area contributed by atoms with Crippen molar-refractivity contribution in [3.05, 3.63) is 131 Å². The van der Waals surface area contributed by atoms with Gasteiger partial charge in [-0.3, -0.25) is 0 Å². The molecule has 0 bridgehead atoms. The number of aryl methyl sites for hydroxylation is 3. The van der Waals surface area contributed by atoms with Gasteiger partial charge in [-0.15, -0.1) is 54.1 Å². The molecule has 4 nitrogen and oxygen atoms in total. The summed E-state index contributed by atoms with van der Waals surface area (Å²) in [7, 11) is -1.34. The van der Waals surface area contributed by atoms with E-state index in [0.29, 0.717) is 17.5 Å². The van der Waals surface area contributed by atoms with Crippen LogP contribution in [0.5, 0.6) is 0 Å². The fourth-order valence-electron chi connectivity index (χ4n) is 8.79. The molecule has 57 heavy (non-hydrogen) atoms. The molecule has 7 aromatic rings. The van der Waals surface area contributed by atoms with Gasteiger partial charge in [0.2, 0.25) is 5.71 Å². The second-order valence-corrected chi connectivity index (χ2v) is 22.6. The van der Waals surface area contributed by atoms with Crippen LogP contribution in [0.3, 0.4) is 0 Å². The Kier molecular flexibility index (Phi) is 13.5. The van der Waals surface area contributed by atoms with Crippen LogP contribution in [0.15, 0.2) is 95.7 Å². The van der Waals surface area contributed by atoms with Crippen molar-refractivity contribution < 1.29 is 24.5 Å². The summed E-state index contributed by atoms with van der Waals surface area (Å²) in [6, 6.07) is 34.2. The molecule has 6 heteroatoms. The standard InChI is InChI=1S/C33H33N2O.C18H24NSi.Ir/c1-20-17-21(2)31(22(3)18-20)29-14-13-27-26-11-8-12-28(32(26)36-33(27)35-29)30-19-25(15-16-34-30)23(4)24-9-6-5-7-10-24;1-14(2)11-16-12-17(15-9-7-6-8-10-15)19-13-18(16)20(3,4)5;/h8,11,13-19,23-24H,5-7,9-10H2,1-4H3;6-9,12-14H,11H2,1-5H3;/q2*-1;. The zero-order valence-corrected chi connectivity index (χ0v) is 38.6. The Morgan fingerprint density at radius 3 is 2.21 bits per heavy atom. The zero-order valence-electron chi connectivity index (χ0n) is 35.2. The van der Waals surface area contributed by atoms with E-state index in [1.807, 2.05) is 30.5 Å². The quantitative estimate of drug-likeness (QED) is 0.113. The summed E-state index contributed by atoms with van der Waals surface area (Å²) in [5.74, 6) is 1.96. The topological polar surface area (TPSA) is 51.8 Å². The summed E-state index contributed by atoms with van der Waals surface area (Å²) >= 11 is 0. The number of rotatable bonds is 8. The third kappa shape index (κ3) is 9.57. The van der Waals surface area contributed by atoms with Gasteiger partial charge in [0.05, 0.1) is 19.4 Å². The first-order valence-electron chi connectivity index (χ1n) is 20.6. The average Bonchev–Trinajstić information content (AvgIpc) is 3.56. The first-order chi connectivity index (χ1) is 26.9. The minimum absolute atomic E-state index is 0. The Balaban J connectivity index is 0.000000223. The molecule has 3 aromatic carbocycles. The molecule has 1 saturated carbocycles. The third-order valence-corrected chi connectivity index (χ3v) is 13.6. The maximum Gasteiger partial charge on any atom is 0.216 e. The fourth-order valence-corrected chi connectivity index (χ4v) is 10.4. The van der Waals surface area contributed by atoms with Crippen LogP contribution >= 0.6 is 0 Å². The summed E-state index contributed by atoms with van der Waals surface area (Å²) < 4.78 is 6.44. The molecular weight excluding hydrogens is 891 g/mol. The Morgan fingerprint density at radius 2 is 1.53 bits per heavy atom. The Bertz CT molecular complexity index is 2430. The van der Waals surface area contributed by atoms with Crippen molar-refractivity contribution in [1.82, 2.24) is 15.0 Å². The minimum Gasteiger partial charge on any atom is -0.486 e. The normalized spacial score (nSPS) is 14.0. The second-order valence-electron chi connectivity index (χ2n) is 17.5. The van der Waals surface area contributed by atoms with E-state index in [2.05, 4.69) is 139 Å². The molecule has 297 valence electrons. The van der Waals surface area contributed by atoms with Crippen molar-refractivity contribution in [2.45, 2.75) is 106 Å². The molecule has 1 aliphatic carbocycles. The van der Waals surface area contributed by atoms with E-state index in [9.17, 15) is 0 Å². The van der Waals surface area contributed by atoms with E-state index in [0.717, 1.165) is 56.9 Å². The van der Waals surface area contributed by atoms with Gasteiger partial charge >= 0.3 is 0 Å². The summed E-state index contributed by atoms with van der Waals surface area (Å²) in [6.45, 7) is 20.6. The van der Waals surface area contributed by atoms with Crippen molar-refractivity contribution in [2.24, 2.45) is 11.8 Å². The Hall–Kier alpha value is -4.22. The van der Waals surface area contributed by atoms with Crippen molar-refractivity contribution in [2.75, 3.05) is 0 Å². The monoisotopic (exact) mass is 948 g/mol. The van der Waals surface area contributed by atoms with Gasteiger partial charge in [0.25, 0.3) is 0 Å². The summed E-state index contributed by atoms with van der Waals surface area (Å²) in [4.78, 5) is 14.4. The molecule has 0 saturated heterocycles. The molecule has 0 spiro atoms. The third-order valence-electron chi connectivity index (χ3n) is 11.6. The van der Waals surface area contributed by atoms with Gasteiger partial charge in [-0.05, 0) is 104 Å². The molecule has 1 radical (unpaired) electrons. The number of hydrogen-bond acceptors (Lipinski definition) is 4. The van der Waals surface area contributed by atoms with Crippen LogP contribution in [0.25, 0.3) is 55.8 Å². The smallest absolute Gasteiger partial charge is 0.216 e. The predicted octanol–water partition coefficient (Wildman–Crippen LogP) is 13.4. The molecule has 1 unspecified atom stereocenters. The number of nitrogens with zero attached hydrogens (tertiary/aromatic N) is 3. The first-order valence-corrected chi connectivity index (χ1v) is 24.1. The van der Waals surface area contributed by atoms with Crippen molar-refractivity contribution in [1.29, 1.82) is 0 Å². The predicted molar refractivity (Wildman–Crippen MR) is 238 cm³/mol. The van der Waals surface area contributed by atoms with Gasteiger partial charge in [-0.1, -0.05) is 112 Å². The maximum atomic E-state index is 6.44. The van der Waals surface area contributed by atoms with Gasteiger partial charge < -0.3 is 14.4 Å². The van der Waals surface area contributed by atoms with Crippen molar-refractivity contribution >= 4 is 35.3 Å². The second kappa shape index (κ2) is 18.1. The van der Waals surface area contributed by atoms with Crippen molar-refractivity contribution in [3.8, 4) is 33.8 Å². The number of hydrogen-bond donors (Lipinski definition) is 0. The summed E-state index contributed by atoms with van der Waals surface area (Å²) in [6.07, 6.45) is 11.9. The summed E-state index contributed by atoms with van der Waals surface area (Å²) in [5.41, 5.74) is 14.1. The van der Waals surface area contributed by atoms with Crippen LogP contribution in [0.2, 0.25) is 19.6 Å². The van der Waals surface area contributed by atoms with E-state index in [1.165, 1.54) is 70.7 Å². The zero-order chi connectivity index (χ0) is 39.6. The van der Waals surface area contributed by atoms with E-state index in [-0.39, 0.29) is 20.1 Å². The van der Waals surface area contributed by atoms with Gasteiger partial charge in [-0.25, -0.2) is 4.98 Å². The molecule has 1 atom stereocenters. The largest absolute Gasteiger partial charge is 0.486 e. The van der Waals surface area contributed by atoms with E-state index >= 15 is 0 Å². The number of aromatic nitrogens is 3. The summed E-state index contributed by atoms with van der Waals surface area (Å²) in [5, 5.41) is 3.58.